The average molecular weight is 423 g/mol. The van der Waals surface area contributed by atoms with Crippen LogP contribution in [0.3, 0.4) is 0 Å². The van der Waals surface area contributed by atoms with Gasteiger partial charge in [0.2, 0.25) is 15.9 Å². The number of nitrogens with zero attached hydrogens (tertiary/aromatic N) is 3. The van der Waals surface area contributed by atoms with Crippen LogP contribution in [0.5, 0.6) is 5.88 Å². The number of hydrogen-bond donors (Lipinski definition) is 1. The molecule has 3 aromatic rings. The van der Waals surface area contributed by atoms with Crippen LogP contribution in [-0.4, -0.2) is 30.5 Å². The summed E-state index contributed by atoms with van der Waals surface area (Å²) in [6.07, 6.45) is 4.26. The summed E-state index contributed by atoms with van der Waals surface area (Å²) in [5, 5.41) is 9.64. The molecule has 2 aromatic heterocycles. The highest BCUT2D eigenvalue weighted by Crippen LogP contribution is 2.26. The van der Waals surface area contributed by atoms with Crippen molar-refractivity contribution >= 4 is 20.9 Å². The molecule has 1 saturated carbocycles. The Labute approximate surface area is 175 Å². The summed E-state index contributed by atoms with van der Waals surface area (Å²) in [6.45, 7) is 1.85. The molecule has 8 heteroatoms. The monoisotopic (exact) mass is 422 g/mol. The minimum absolute atomic E-state index is 0.0203. The van der Waals surface area contributed by atoms with E-state index in [2.05, 4.69) is 14.7 Å². The highest BCUT2D eigenvalue weighted by molar-refractivity contribution is 7.89. The van der Waals surface area contributed by atoms with Gasteiger partial charge in [-0.2, -0.15) is 5.26 Å². The van der Waals surface area contributed by atoms with Crippen LogP contribution < -0.4 is 9.46 Å². The molecule has 0 unspecified atom stereocenters. The molecule has 4 rings (SSSR count). The van der Waals surface area contributed by atoms with Gasteiger partial charge in [0.05, 0.1) is 11.1 Å². The zero-order valence-electron chi connectivity index (χ0n) is 16.6. The second-order valence-electron chi connectivity index (χ2n) is 7.49. The lowest BCUT2D eigenvalue weighted by Crippen LogP contribution is -2.39. The van der Waals surface area contributed by atoms with Crippen molar-refractivity contribution in [2.75, 3.05) is 0 Å². The first-order valence-electron chi connectivity index (χ1n) is 9.86. The molecule has 7 nitrogen and oxygen atoms in total. The van der Waals surface area contributed by atoms with Crippen LogP contribution in [-0.2, 0) is 10.0 Å². The minimum Gasteiger partial charge on any atom is -0.474 e. The number of benzene rings is 1. The third kappa shape index (κ3) is 4.42. The largest absolute Gasteiger partial charge is 0.474 e. The van der Waals surface area contributed by atoms with Crippen LogP contribution in [0.2, 0.25) is 0 Å². The molecule has 0 bridgehead atoms. The maximum atomic E-state index is 13.0. The molecule has 1 aromatic carbocycles. The molecule has 0 saturated heterocycles. The Morgan fingerprint density at radius 3 is 2.60 bits per heavy atom. The number of para-hydroxylation sites is 1. The van der Waals surface area contributed by atoms with E-state index in [1.165, 1.54) is 6.20 Å². The van der Waals surface area contributed by atoms with Crippen LogP contribution >= 0.6 is 0 Å². The van der Waals surface area contributed by atoms with Gasteiger partial charge in [0.1, 0.15) is 17.1 Å². The molecule has 0 radical (unpaired) electrons. The van der Waals surface area contributed by atoms with Crippen LogP contribution in [0.25, 0.3) is 10.9 Å². The molecule has 1 N–H and O–H groups in total. The molecule has 2 heterocycles. The van der Waals surface area contributed by atoms with Gasteiger partial charge in [-0.15, -0.1) is 0 Å². The Kier molecular flexibility index (Phi) is 5.66. The number of rotatable bonds is 5. The summed E-state index contributed by atoms with van der Waals surface area (Å²) in [7, 11) is -3.68. The van der Waals surface area contributed by atoms with E-state index in [0.717, 1.165) is 23.9 Å². The number of aromatic nitrogens is 2. The van der Waals surface area contributed by atoms with E-state index in [0.29, 0.717) is 29.8 Å². The molecule has 1 aliphatic carbocycles. The molecule has 1 aliphatic rings. The number of nitriles is 1. The summed E-state index contributed by atoms with van der Waals surface area (Å²) >= 11 is 0. The SMILES string of the molecule is Cc1ccc2cccc(S(=O)(=O)NC3CCC(Oc4ccc(C#N)cn4)CC3)c2n1. The first kappa shape index (κ1) is 20.3. The van der Waals surface area contributed by atoms with Crippen molar-refractivity contribution in [2.45, 2.75) is 49.6 Å². The Balaban J connectivity index is 1.41. The van der Waals surface area contributed by atoms with Crippen molar-refractivity contribution in [1.82, 2.24) is 14.7 Å². The zero-order valence-corrected chi connectivity index (χ0v) is 17.4. The van der Waals surface area contributed by atoms with Crippen LogP contribution in [0.4, 0.5) is 0 Å². The molecule has 0 aliphatic heterocycles. The highest BCUT2D eigenvalue weighted by Gasteiger charge is 2.28. The van der Waals surface area contributed by atoms with E-state index in [4.69, 9.17) is 10.00 Å². The predicted molar refractivity (Wildman–Crippen MR) is 112 cm³/mol. The normalized spacial score (nSPS) is 19.3. The molecule has 1 fully saturated rings. The van der Waals surface area contributed by atoms with Gasteiger partial charge in [0, 0.05) is 29.4 Å². The van der Waals surface area contributed by atoms with Crippen molar-refractivity contribution in [2.24, 2.45) is 0 Å². The second kappa shape index (κ2) is 8.38. The van der Waals surface area contributed by atoms with Crippen molar-refractivity contribution in [3.05, 3.63) is 59.9 Å². The van der Waals surface area contributed by atoms with E-state index in [1.54, 1.807) is 24.3 Å². The van der Waals surface area contributed by atoms with Gasteiger partial charge < -0.3 is 4.74 Å². The van der Waals surface area contributed by atoms with Gasteiger partial charge in [-0.25, -0.2) is 18.1 Å². The topological polar surface area (TPSA) is 105 Å². The molecule has 0 amide bonds. The summed E-state index contributed by atoms with van der Waals surface area (Å²) in [6, 6.07) is 14.2. The fourth-order valence-electron chi connectivity index (χ4n) is 3.70. The molecule has 30 heavy (non-hydrogen) atoms. The quantitative estimate of drug-likeness (QED) is 0.675. The predicted octanol–water partition coefficient (Wildman–Crippen LogP) is 3.48. The first-order valence-corrected chi connectivity index (χ1v) is 11.3. The fourth-order valence-corrected chi connectivity index (χ4v) is 5.18. The van der Waals surface area contributed by atoms with Crippen LogP contribution in [0, 0.1) is 18.3 Å². The van der Waals surface area contributed by atoms with Gasteiger partial charge in [-0.05, 0) is 50.8 Å². The van der Waals surface area contributed by atoms with E-state index in [1.807, 2.05) is 31.2 Å². The van der Waals surface area contributed by atoms with E-state index in [9.17, 15) is 8.42 Å². The lowest BCUT2D eigenvalue weighted by Gasteiger charge is -2.29. The van der Waals surface area contributed by atoms with Crippen molar-refractivity contribution in [1.29, 1.82) is 5.26 Å². The average Bonchev–Trinajstić information content (AvgIpc) is 2.75. The standard InChI is InChI=1S/C22H22N4O3S/c1-15-5-7-17-3-2-4-20(22(17)25-15)30(27,28)26-18-8-10-19(11-9-18)29-21-12-6-16(13-23)14-24-21/h2-7,12,14,18-19,26H,8-11H2,1H3. The number of nitrogens with one attached hydrogen (secondary N) is 1. The maximum absolute atomic E-state index is 13.0. The lowest BCUT2D eigenvalue weighted by molar-refractivity contribution is 0.138. The molecule has 154 valence electrons. The maximum Gasteiger partial charge on any atom is 0.242 e. The third-order valence-electron chi connectivity index (χ3n) is 5.26. The second-order valence-corrected chi connectivity index (χ2v) is 9.17. The highest BCUT2D eigenvalue weighted by atomic mass is 32.2. The van der Waals surface area contributed by atoms with Gasteiger partial charge in [-0.1, -0.05) is 18.2 Å². The lowest BCUT2D eigenvalue weighted by atomic mass is 9.94. The number of hydrogen-bond acceptors (Lipinski definition) is 6. The third-order valence-corrected chi connectivity index (χ3v) is 6.81. The molecular weight excluding hydrogens is 400 g/mol. The summed E-state index contributed by atoms with van der Waals surface area (Å²) in [4.78, 5) is 8.79. The summed E-state index contributed by atoms with van der Waals surface area (Å²) < 4.78 is 34.8. The van der Waals surface area contributed by atoms with E-state index in [-0.39, 0.29) is 17.0 Å². The van der Waals surface area contributed by atoms with E-state index >= 15 is 0 Å². The number of sulfonamides is 1. The Bertz CT molecular complexity index is 1200. The number of pyridine rings is 2. The van der Waals surface area contributed by atoms with Crippen molar-refractivity contribution in [3.8, 4) is 11.9 Å². The summed E-state index contributed by atoms with van der Waals surface area (Å²) in [5.41, 5.74) is 1.76. The van der Waals surface area contributed by atoms with Gasteiger partial charge in [0.15, 0.2) is 0 Å². The Morgan fingerprint density at radius 1 is 1.10 bits per heavy atom. The van der Waals surface area contributed by atoms with Crippen molar-refractivity contribution < 1.29 is 13.2 Å². The Morgan fingerprint density at radius 2 is 1.90 bits per heavy atom. The number of fused-ring (bicyclic) bond motifs is 1. The minimum atomic E-state index is -3.68. The van der Waals surface area contributed by atoms with Gasteiger partial charge in [-0.3, -0.25) is 4.98 Å². The van der Waals surface area contributed by atoms with Gasteiger partial charge in [0.25, 0.3) is 0 Å². The number of ether oxygens (including phenoxy) is 1. The smallest absolute Gasteiger partial charge is 0.242 e. The van der Waals surface area contributed by atoms with E-state index < -0.39 is 10.0 Å². The fraction of sp³-hybridized carbons (Fsp3) is 0.318. The summed E-state index contributed by atoms with van der Waals surface area (Å²) in [5.74, 6) is 0.482. The first-order chi connectivity index (χ1) is 14.4. The van der Waals surface area contributed by atoms with Crippen molar-refractivity contribution in [3.63, 3.8) is 0 Å². The Hall–Kier alpha value is -3.02. The molecule has 0 spiro atoms. The molecule has 0 atom stereocenters. The molecular formula is C22H22N4O3S. The van der Waals surface area contributed by atoms with Crippen LogP contribution in [0.15, 0.2) is 53.6 Å². The van der Waals surface area contributed by atoms with Crippen LogP contribution in [0.1, 0.15) is 36.9 Å². The number of aryl methyl sites for hydroxylation is 1. The zero-order chi connectivity index (χ0) is 21.1. The van der Waals surface area contributed by atoms with Gasteiger partial charge >= 0.3 is 0 Å².